The van der Waals surface area contributed by atoms with Crippen LogP contribution in [0, 0.1) is 5.82 Å². The number of morpholine rings is 1. The monoisotopic (exact) mass is 442 g/mol. The minimum Gasteiger partial charge on any atom is -0.379 e. The molecular formula is C17H16BrFN2O4S. The van der Waals surface area contributed by atoms with Gasteiger partial charge in [-0.3, -0.25) is 4.79 Å². The maximum absolute atomic E-state index is 13.8. The number of anilines is 1. The Morgan fingerprint density at radius 1 is 1.15 bits per heavy atom. The van der Waals surface area contributed by atoms with Gasteiger partial charge in [-0.1, -0.05) is 22.0 Å². The lowest BCUT2D eigenvalue weighted by atomic mass is 10.2. The maximum atomic E-state index is 13.8. The molecule has 6 nitrogen and oxygen atoms in total. The lowest BCUT2D eigenvalue weighted by molar-refractivity contribution is 0.0730. The largest absolute Gasteiger partial charge is 0.379 e. The number of hydrogen-bond acceptors (Lipinski definition) is 4. The molecule has 2 aromatic carbocycles. The van der Waals surface area contributed by atoms with E-state index in [4.69, 9.17) is 4.74 Å². The summed E-state index contributed by atoms with van der Waals surface area (Å²) in [6, 6.07) is 9.92. The molecule has 0 aromatic heterocycles. The number of amides is 1. The summed E-state index contributed by atoms with van der Waals surface area (Å²) in [5, 5.41) is 2.53. The Bertz CT molecular complexity index is 930. The van der Waals surface area contributed by atoms with Crippen molar-refractivity contribution in [2.24, 2.45) is 0 Å². The van der Waals surface area contributed by atoms with Gasteiger partial charge in [0.1, 0.15) is 5.82 Å². The van der Waals surface area contributed by atoms with Crippen molar-refractivity contribution in [3.05, 3.63) is 58.3 Å². The first-order valence-electron chi connectivity index (χ1n) is 7.82. The highest BCUT2D eigenvalue weighted by molar-refractivity contribution is 9.10. The van der Waals surface area contributed by atoms with Gasteiger partial charge in [-0.25, -0.2) is 12.8 Å². The van der Waals surface area contributed by atoms with Gasteiger partial charge in [-0.2, -0.15) is 4.31 Å². The molecule has 0 radical (unpaired) electrons. The van der Waals surface area contributed by atoms with Gasteiger partial charge in [0.25, 0.3) is 5.91 Å². The van der Waals surface area contributed by atoms with Crippen LogP contribution in [0.2, 0.25) is 0 Å². The number of carbonyl (C=O) groups is 1. The topological polar surface area (TPSA) is 75.7 Å². The molecule has 0 unspecified atom stereocenters. The Hall–Kier alpha value is -1.81. The highest BCUT2D eigenvalue weighted by Crippen LogP contribution is 2.22. The van der Waals surface area contributed by atoms with E-state index < -0.39 is 21.7 Å². The van der Waals surface area contributed by atoms with Gasteiger partial charge < -0.3 is 10.1 Å². The lowest BCUT2D eigenvalue weighted by Crippen LogP contribution is -2.40. The van der Waals surface area contributed by atoms with Crippen LogP contribution in [0.5, 0.6) is 0 Å². The fourth-order valence-corrected chi connectivity index (χ4v) is 4.36. The number of rotatable bonds is 4. The van der Waals surface area contributed by atoms with Crippen LogP contribution in [0.1, 0.15) is 10.4 Å². The second kappa shape index (κ2) is 7.83. The number of carbonyl (C=O) groups excluding carboxylic acids is 1. The van der Waals surface area contributed by atoms with Crippen LogP contribution in [-0.2, 0) is 14.8 Å². The maximum Gasteiger partial charge on any atom is 0.258 e. The van der Waals surface area contributed by atoms with Crippen LogP contribution in [0.4, 0.5) is 10.1 Å². The molecule has 0 spiro atoms. The molecule has 0 atom stereocenters. The SMILES string of the molecule is O=C(Nc1cccc(S(=O)(=O)N2CCOCC2)c1)c1cc(Br)ccc1F. The lowest BCUT2D eigenvalue weighted by Gasteiger charge is -2.26. The van der Waals surface area contributed by atoms with E-state index in [-0.39, 0.29) is 29.2 Å². The highest BCUT2D eigenvalue weighted by Gasteiger charge is 2.26. The van der Waals surface area contributed by atoms with E-state index in [1.165, 1.54) is 40.7 Å². The molecule has 0 bridgehead atoms. The van der Waals surface area contributed by atoms with E-state index in [1.54, 1.807) is 6.07 Å². The third-order valence-electron chi connectivity index (χ3n) is 3.87. The van der Waals surface area contributed by atoms with Gasteiger partial charge in [0, 0.05) is 23.2 Å². The number of nitrogens with one attached hydrogen (secondary N) is 1. The molecule has 138 valence electrons. The Morgan fingerprint density at radius 2 is 1.88 bits per heavy atom. The first kappa shape index (κ1) is 19.0. The van der Waals surface area contributed by atoms with Gasteiger partial charge in [0.05, 0.1) is 23.7 Å². The van der Waals surface area contributed by atoms with Crippen LogP contribution in [0.3, 0.4) is 0 Å². The smallest absolute Gasteiger partial charge is 0.258 e. The van der Waals surface area contributed by atoms with Crippen molar-refractivity contribution in [2.75, 3.05) is 31.6 Å². The Morgan fingerprint density at radius 3 is 2.62 bits per heavy atom. The summed E-state index contributed by atoms with van der Waals surface area (Å²) < 4.78 is 46.3. The number of ether oxygens (including phenoxy) is 1. The molecule has 1 fully saturated rings. The predicted octanol–water partition coefficient (Wildman–Crippen LogP) is 2.86. The summed E-state index contributed by atoms with van der Waals surface area (Å²) >= 11 is 3.19. The summed E-state index contributed by atoms with van der Waals surface area (Å²) in [4.78, 5) is 12.4. The third-order valence-corrected chi connectivity index (χ3v) is 6.26. The minimum absolute atomic E-state index is 0.0620. The van der Waals surface area contributed by atoms with Gasteiger partial charge in [-0.15, -0.1) is 0 Å². The van der Waals surface area contributed by atoms with E-state index in [2.05, 4.69) is 21.2 Å². The zero-order valence-electron chi connectivity index (χ0n) is 13.6. The second-order valence-electron chi connectivity index (χ2n) is 5.62. The first-order chi connectivity index (χ1) is 12.4. The minimum atomic E-state index is -3.68. The predicted molar refractivity (Wildman–Crippen MR) is 98.1 cm³/mol. The van der Waals surface area contributed by atoms with Crippen molar-refractivity contribution in [1.29, 1.82) is 0 Å². The van der Waals surface area contributed by atoms with E-state index >= 15 is 0 Å². The van der Waals surface area contributed by atoms with E-state index in [9.17, 15) is 17.6 Å². The zero-order chi connectivity index (χ0) is 18.7. The number of benzene rings is 2. The average Bonchev–Trinajstić information content (AvgIpc) is 2.64. The molecule has 9 heteroatoms. The fourth-order valence-electron chi connectivity index (χ4n) is 2.54. The second-order valence-corrected chi connectivity index (χ2v) is 8.48. The fraction of sp³-hybridized carbons (Fsp3) is 0.235. The van der Waals surface area contributed by atoms with Crippen LogP contribution < -0.4 is 5.32 Å². The molecule has 2 aromatic rings. The van der Waals surface area contributed by atoms with Crippen LogP contribution in [-0.4, -0.2) is 44.9 Å². The molecule has 1 heterocycles. The van der Waals surface area contributed by atoms with Crippen molar-refractivity contribution in [3.8, 4) is 0 Å². The molecule has 1 N–H and O–H groups in total. The zero-order valence-corrected chi connectivity index (χ0v) is 16.0. The van der Waals surface area contributed by atoms with Crippen LogP contribution in [0.25, 0.3) is 0 Å². The van der Waals surface area contributed by atoms with Crippen molar-refractivity contribution in [3.63, 3.8) is 0 Å². The Balaban J connectivity index is 1.83. The quantitative estimate of drug-likeness (QED) is 0.789. The standard InChI is InChI=1S/C17H16BrFN2O4S/c18-12-4-5-16(19)15(10-12)17(22)20-13-2-1-3-14(11-13)26(23,24)21-6-8-25-9-7-21/h1-5,10-11H,6-9H2,(H,20,22). The molecular weight excluding hydrogens is 427 g/mol. The van der Waals surface area contributed by atoms with E-state index in [0.29, 0.717) is 17.7 Å². The van der Waals surface area contributed by atoms with Crippen LogP contribution in [0.15, 0.2) is 51.8 Å². The normalized spacial score (nSPS) is 15.6. The summed E-state index contributed by atoms with van der Waals surface area (Å²) in [5.41, 5.74) is 0.129. The molecule has 1 aliphatic heterocycles. The molecule has 1 aliphatic rings. The number of nitrogens with zero attached hydrogens (tertiary/aromatic N) is 1. The molecule has 0 aliphatic carbocycles. The van der Waals surface area contributed by atoms with E-state index in [1.807, 2.05) is 0 Å². The van der Waals surface area contributed by atoms with Crippen molar-refractivity contribution in [2.45, 2.75) is 4.90 Å². The summed E-state index contributed by atoms with van der Waals surface area (Å²) in [6.07, 6.45) is 0. The first-order valence-corrected chi connectivity index (χ1v) is 10.1. The molecule has 1 saturated heterocycles. The summed E-state index contributed by atoms with van der Waals surface area (Å²) in [7, 11) is -3.68. The van der Waals surface area contributed by atoms with Crippen LogP contribution >= 0.6 is 15.9 Å². The molecule has 1 amide bonds. The van der Waals surface area contributed by atoms with Gasteiger partial charge >= 0.3 is 0 Å². The Kier molecular flexibility index (Phi) is 5.71. The van der Waals surface area contributed by atoms with E-state index in [0.717, 1.165) is 0 Å². The van der Waals surface area contributed by atoms with Gasteiger partial charge in [0.15, 0.2) is 0 Å². The summed E-state index contributed by atoms with van der Waals surface area (Å²) in [6.45, 7) is 1.25. The van der Waals surface area contributed by atoms with Gasteiger partial charge in [-0.05, 0) is 36.4 Å². The molecule has 3 rings (SSSR count). The number of sulfonamides is 1. The van der Waals surface area contributed by atoms with Gasteiger partial charge in [0.2, 0.25) is 10.0 Å². The Labute approximate surface area is 159 Å². The number of halogens is 2. The van der Waals surface area contributed by atoms with Crippen molar-refractivity contribution < 1.29 is 22.3 Å². The summed E-state index contributed by atoms with van der Waals surface area (Å²) in [5.74, 6) is -1.33. The average molecular weight is 443 g/mol. The molecule has 26 heavy (non-hydrogen) atoms. The third kappa shape index (κ3) is 4.12. The highest BCUT2D eigenvalue weighted by atomic mass is 79.9. The molecule has 0 saturated carbocycles. The number of hydrogen-bond donors (Lipinski definition) is 1. The van der Waals surface area contributed by atoms with Crippen molar-refractivity contribution >= 4 is 37.5 Å². The van der Waals surface area contributed by atoms with Crippen molar-refractivity contribution in [1.82, 2.24) is 4.31 Å².